The quantitative estimate of drug-likeness (QED) is 0.0345. The number of rotatable bonds is 46. The van der Waals surface area contributed by atoms with Gasteiger partial charge in [0.15, 0.2) is 6.10 Å². The van der Waals surface area contributed by atoms with Crippen molar-refractivity contribution in [1.29, 1.82) is 0 Å². The highest BCUT2D eigenvalue weighted by Crippen LogP contribution is 2.18. The third-order valence-electron chi connectivity index (χ3n) is 12.6. The molecule has 0 amide bonds. The van der Waals surface area contributed by atoms with Gasteiger partial charge in [0.2, 0.25) is 0 Å². The fourth-order valence-corrected chi connectivity index (χ4v) is 7.87. The smallest absolute Gasteiger partial charge is 0.306 e. The molecule has 0 heterocycles. The number of carbonyl (C=O) groups is 3. The molecule has 0 fully saturated rings. The van der Waals surface area contributed by atoms with Crippen LogP contribution < -0.4 is 0 Å². The molecule has 0 spiro atoms. The highest BCUT2D eigenvalue weighted by atomic mass is 16.6. The topological polar surface area (TPSA) is 78.9 Å². The minimum absolute atomic E-state index is 0.0655. The molecule has 0 aromatic heterocycles. The summed E-state index contributed by atoms with van der Waals surface area (Å²) in [7, 11) is 0. The standard InChI is InChI=1S/C53H102O6/c1-7-48(5)40-34-28-22-18-13-11-9-10-12-14-19-23-30-36-42-51(54)57-45-50(59-53(56)44-38-32-26-25-29-35-41-49(6)8-2)46-58-52(55)43-37-31-24-20-16-15-17-21-27-33-39-47(3)4/h47-50H,7-46H2,1-6H3/t48?,49?,50-/m0/s1. The minimum Gasteiger partial charge on any atom is -0.462 e. The summed E-state index contributed by atoms with van der Waals surface area (Å²) < 4.78 is 16.8. The molecule has 0 bridgehead atoms. The van der Waals surface area contributed by atoms with Gasteiger partial charge in [-0.2, -0.15) is 0 Å². The Bertz CT molecular complexity index is 918. The zero-order valence-corrected chi connectivity index (χ0v) is 40.5. The lowest BCUT2D eigenvalue weighted by atomic mass is 9.99. The fraction of sp³-hybridized carbons (Fsp3) is 0.943. The molecule has 0 rings (SSSR count). The van der Waals surface area contributed by atoms with E-state index in [-0.39, 0.29) is 31.1 Å². The van der Waals surface area contributed by atoms with Crippen LogP contribution in [0.25, 0.3) is 0 Å². The normalized spacial score (nSPS) is 13.1. The van der Waals surface area contributed by atoms with Crippen LogP contribution in [0.2, 0.25) is 0 Å². The molecule has 0 radical (unpaired) electrons. The summed E-state index contributed by atoms with van der Waals surface area (Å²) in [5.74, 6) is 1.67. The number of unbranched alkanes of at least 4 members (excludes halogenated alkanes) is 27. The van der Waals surface area contributed by atoms with Gasteiger partial charge < -0.3 is 14.2 Å². The molecule has 0 aliphatic carbocycles. The zero-order chi connectivity index (χ0) is 43.4. The molecular formula is C53H102O6. The molecule has 2 unspecified atom stereocenters. The Kier molecular flexibility index (Phi) is 43.3. The summed E-state index contributed by atoms with van der Waals surface area (Å²) >= 11 is 0. The van der Waals surface area contributed by atoms with E-state index in [0.29, 0.717) is 19.3 Å². The van der Waals surface area contributed by atoms with Crippen molar-refractivity contribution in [3.8, 4) is 0 Å². The second-order valence-electron chi connectivity index (χ2n) is 19.1. The molecule has 0 N–H and O–H groups in total. The number of ether oxygens (including phenoxy) is 3. The summed E-state index contributed by atoms with van der Waals surface area (Å²) in [6.45, 7) is 13.7. The van der Waals surface area contributed by atoms with Crippen molar-refractivity contribution in [2.24, 2.45) is 17.8 Å². The average molecular weight is 835 g/mol. The molecule has 6 nitrogen and oxygen atoms in total. The lowest BCUT2D eigenvalue weighted by Crippen LogP contribution is -2.30. The molecule has 6 heteroatoms. The Morgan fingerprint density at radius 2 is 0.593 bits per heavy atom. The summed E-state index contributed by atoms with van der Waals surface area (Å²) in [6.07, 6.45) is 43.7. The average Bonchev–Trinajstić information content (AvgIpc) is 3.22. The Morgan fingerprint density at radius 1 is 0.339 bits per heavy atom. The minimum atomic E-state index is -0.763. The lowest BCUT2D eigenvalue weighted by Gasteiger charge is -2.18. The predicted octanol–water partition coefficient (Wildman–Crippen LogP) is 16.8. The van der Waals surface area contributed by atoms with Gasteiger partial charge in [-0.15, -0.1) is 0 Å². The first-order chi connectivity index (χ1) is 28.7. The third kappa shape index (κ3) is 44.3. The first-order valence-electron chi connectivity index (χ1n) is 26.2. The van der Waals surface area contributed by atoms with Crippen molar-refractivity contribution in [2.45, 2.75) is 292 Å². The van der Waals surface area contributed by atoms with Crippen molar-refractivity contribution in [2.75, 3.05) is 13.2 Å². The SMILES string of the molecule is CCC(C)CCCCCCCCCCCCCCCCC(=O)OC[C@@H](COC(=O)CCCCCCCCCCCCC(C)C)OC(=O)CCCCCCCCC(C)CC. The van der Waals surface area contributed by atoms with E-state index in [1.54, 1.807) is 0 Å². The van der Waals surface area contributed by atoms with E-state index < -0.39 is 6.10 Å². The molecule has 0 saturated carbocycles. The third-order valence-corrected chi connectivity index (χ3v) is 12.6. The molecule has 59 heavy (non-hydrogen) atoms. The van der Waals surface area contributed by atoms with E-state index in [1.807, 2.05) is 0 Å². The van der Waals surface area contributed by atoms with Gasteiger partial charge in [-0.05, 0) is 37.0 Å². The van der Waals surface area contributed by atoms with Crippen LogP contribution in [-0.2, 0) is 28.6 Å². The van der Waals surface area contributed by atoms with E-state index in [2.05, 4.69) is 41.5 Å². The fourth-order valence-electron chi connectivity index (χ4n) is 7.87. The Labute approximate surface area is 368 Å². The molecule has 0 aromatic carbocycles. The summed E-state index contributed by atoms with van der Waals surface area (Å²) in [5, 5.41) is 0. The maximum Gasteiger partial charge on any atom is 0.306 e. The highest BCUT2D eigenvalue weighted by Gasteiger charge is 2.19. The van der Waals surface area contributed by atoms with Crippen LogP contribution in [0, 0.1) is 17.8 Å². The Morgan fingerprint density at radius 3 is 0.881 bits per heavy atom. The number of carbonyl (C=O) groups excluding carboxylic acids is 3. The number of esters is 3. The van der Waals surface area contributed by atoms with E-state index in [9.17, 15) is 14.4 Å². The van der Waals surface area contributed by atoms with Gasteiger partial charge >= 0.3 is 17.9 Å². The molecule has 0 saturated heterocycles. The largest absolute Gasteiger partial charge is 0.462 e. The molecule has 0 aliphatic heterocycles. The van der Waals surface area contributed by atoms with E-state index in [1.165, 1.54) is 167 Å². The molecular weight excluding hydrogens is 733 g/mol. The first kappa shape index (κ1) is 57.4. The second kappa shape index (κ2) is 44.5. The molecule has 3 atom stereocenters. The van der Waals surface area contributed by atoms with Crippen LogP contribution in [0.15, 0.2) is 0 Å². The lowest BCUT2D eigenvalue weighted by molar-refractivity contribution is -0.167. The van der Waals surface area contributed by atoms with Gasteiger partial charge in [0.05, 0.1) is 0 Å². The van der Waals surface area contributed by atoms with E-state index in [0.717, 1.165) is 75.5 Å². The van der Waals surface area contributed by atoms with Crippen LogP contribution in [0.5, 0.6) is 0 Å². The van der Waals surface area contributed by atoms with Gasteiger partial charge in [0, 0.05) is 19.3 Å². The predicted molar refractivity (Wildman–Crippen MR) is 252 cm³/mol. The van der Waals surface area contributed by atoms with Gasteiger partial charge in [0.1, 0.15) is 13.2 Å². The zero-order valence-electron chi connectivity index (χ0n) is 40.5. The molecule has 350 valence electrons. The van der Waals surface area contributed by atoms with E-state index in [4.69, 9.17) is 14.2 Å². The van der Waals surface area contributed by atoms with Crippen LogP contribution in [0.1, 0.15) is 286 Å². The molecule has 0 aromatic rings. The van der Waals surface area contributed by atoms with Crippen molar-refractivity contribution >= 4 is 17.9 Å². The van der Waals surface area contributed by atoms with E-state index >= 15 is 0 Å². The highest BCUT2D eigenvalue weighted by molar-refractivity contribution is 5.71. The van der Waals surface area contributed by atoms with Gasteiger partial charge in [-0.1, -0.05) is 247 Å². The van der Waals surface area contributed by atoms with Crippen molar-refractivity contribution in [3.05, 3.63) is 0 Å². The van der Waals surface area contributed by atoms with Gasteiger partial charge in [-0.25, -0.2) is 0 Å². The Balaban J connectivity index is 4.26. The second-order valence-corrected chi connectivity index (χ2v) is 19.1. The van der Waals surface area contributed by atoms with Crippen LogP contribution >= 0.6 is 0 Å². The van der Waals surface area contributed by atoms with Crippen LogP contribution in [0.3, 0.4) is 0 Å². The molecule has 0 aliphatic rings. The maximum atomic E-state index is 12.7. The van der Waals surface area contributed by atoms with Crippen molar-refractivity contribution in [1.82, 2.24) is 0 Å². The number of hydrogen-bond acceptors (Lipinski definition) is 6. The van der Waals surface area contributed by atoms with Crippen LogP contribution in [0.4, 0.5) is 0 Å². The summed E-state index contributed by atoms with van der Waals surface area (Å²) in [4.78, 5) is 37.9. The van der Waals surface area contributed by atoms with Gasteiger partial charge in [-0.3, -0.25) is 14.4 Å². The van der Waals surface area contributed by atoms with Crippen molar-refractivity contribution in [3.63, 3.8) is 0 Å². The maximum absolute atomic E-state index is 12.7. The number of hydrogen-bond donors (Lipinski definition) is 0. The summed E-state index contributed by atoms with van der Waals surface area (Å²) in [6, 6.07) is 0. The van der Waals surface area contributed by atoms with Crippen molar-refractivity contribution < 1.29 is 28.6 Å². The van der Waals surface area contributed by atoms with Crippen LogP contribution in [-0.4, -0.2) is 37.2 Å². The summed E-state index contributed by atoms with van der Waals surface area (Å²) in [5.41, 5.74) is 0. The first-order valence-corrected chi connectivity index (χ1v) is 26.2. The Hall–Kier alpha value is -1.59. The van der Waals surface area contributed by atoms with Gasteiger partial charge in [0.25, 0.3) is 0 Å². The monoisotopic (exact) mass is 835 g/mol.